The minimum Gasteiger partial charge on any atom is -0.459 e. The van der Waals surface area contributed by atoms with Crippen LogP contribution in [0.1, 0.15) is 50.7 Å². The van der Waals surface area contributed by atoms with Crippen LogP contribution in [0.25, 0.3) is 5.00 Å². The molecule has 1 aliphatic heterocycles. The number of aromatic nitrogens is 1. The number of anilines is 1. The summed E-state index contributed by atoms with van der Waals surface area (Å²) in [5, 5.41) is 10.9. The Morgan fingerprint density at radius 1 is 1.22 bits per heavy atom. The normalized spacial score (nSPS) is 13.2. The number of urea groups is 1. The highest BCUT2D eigenvalue weighted by Gasteiger charge is 2.24. The molecule has 0 radical (unpaired) electrons. The van der Waals surface area contributed by atoms with E-state index in [-0.39, 0.29) is 12.1 Å². The lowest BCUT2D eigenvalue weighted by Crippen LogP contribution is -2.30. The SMILES string of the molecule is Cc1sc(NC(=O)NCc2c(-n3cccc3)sc3c2CCNC3)c(C(=O)OC(C)C)c1C. The van der Waals surface area contributed by atoms with Gasteiger partial charge in [-0.15, -0.1) is 22.7 Å². The molecule has 170 valence electrons. The quantitative estimate of drug-likeness (QED) is 0.452. The summed E-state index contributed by atoms with van der Waals surface area (Å²) in [5.41, 5.74) is 3.74. The van der Waals surface area contributed by atoms with E-state index in [9.17, 15) is 9.59 Å². The molecule has 0 aromatic carbocycles. The molecule has 32 heavy (non-hydrogen) atoms. The van der Waals surface area contributed by atoms with Gasteiger partial charge in [0.25, 0.3) is 0 Å². The van der Waals surface area contributed by atoms with E-state index in [2.05, 4.69) is 20.5 Å². The summed E-state index contributed by atoms with van der Waals surface area (Å²) >= 11 is 3.15. The minimum atomic E-state index is -0.411. The van der Waals surface area contributed by atoms with Gasteiger partial charge in [-0.1, -0.05) is 0 Å². The zero-order valence-corrected chi connectivity index (χ0v) is 20.3. The van der Waals surface area contributed by atoms with Crippen LogP contribution in [0.5, 0.6) is 0 Å². The summed E-state index contributed by atoms with van der Waals surface area (Å²) in [4.78, 5) is 27.7. The van der Waals surface area contributed by atoms with Gasteiger partial charge in [-0.25, -0.2) is 9.59 Å². The fourth-order valence-corrected chi connectivity index (χ4v) is 6.14. The predicted octanol–water partition coefficient (Wildman–Crippen LogP) is 4.75. The number of aryl methyl sites for hydroxylation is 1. The first-order chi connectivity index (χ1) is 15.3. The Kier molecular flexibility index (Phi) is 6.68. The molecule has 3 aromatic heterocycles. The van der Waals surface area contributed by atoms with Crippen molar-refractivity contribution >= 4 is 39.7 Å². The van der Waals surface area contributed by atoms with Gasteiger partial charge in [0.05, 0.1) is 11.7 Å². The predicted molar refractivity (Wildman–Crippen MR) is 129 cm³/mol. The maximum Gasteiger partial charge on any atom is 0.341 e. The Morgan fingerprint density at radius 3 is 2.69 bits per heavy atom. The number of rotatable bonds is 6. The molecule has 9 heteroatoms. The highest BCUT2D eigenvalue weighted by atomic mass is 32.1. The van der Waals surface area contributed by atoms with Crippen LogP contribution in [0.3, 0.4) is 0 Å². The number of ether oxygens (including phenoxy) is 1. The maximum absolute atomic E-state index is 12.8. The summed E-state index contributed by atoms with van der Waals surface area (Å²) in [5.74, 6) is -0.411. The second kappa shape index (κ2) is 9.48. The molecule has 0 bridgehead atoms. The van der Waals surface area contributed by atoms with Crippen molar-refractivity contribution in [1.82, 2.24) is 15.2 Å². The number of esters is 1. The van der Waals surface area contributed by atoms with Crippen LogP contribution in [0.15, 0.2) is 24.5 Å². The number of nitrogens with zero attached hydrogens (tertiary/aromatic N) is 1. The molecule has 3 aromatic rings. The Balaban J connectivity index is 1.52. The van der Waals surface area contributed by atoms with Gasteiger partial charge in [-0.3, -0.25) is 5.32 Å². The maximum atomic E-state index is 12.8. The summed E-state index contributed by atoms with van der Waals surface area (Å²) in [6.45, 7) is 9.64. The van der Waals surface area contributed by atoms with Gasteiger partial charge in [0.15, 0.2) is 0 Å². The Bertz CT molecular complexity index is 1130. The van der Waals surface area contributed by atoms with Crippen LogP contribution < -0.4 is 16.0 Å². The number of nitrogens with one attached hydrogen (secondary N) is 3. The molecule has 0 aliphatic carbocycles. The van der Waals surface area contributed by atoms with E-state index in [1.54, 1.807) is 11.3 Å². The van der Waals surface area contributed by atoms with Gasteiger partial charge in [-0.05, 0) is 63.9 Å². The smallest absolute Gasteiger partial charge is 0.341 e. The van der Waals surface area contributed by atoms with Crippen LogP contribution in [0, 0.1) is 13.8 Å². The molecular formula is C23H28N4O3S2. The fraction of sp³-hybridized carbons (Fsp3) is 0.391. The summed E-state index contributed by atoms with van der Waals surface area (Å²) in [6.07, 6.45) is 4.77. The molecule has 0 fully saturated rings. The van der Waals surface area contributed by atoms with E-state index in [1.165, 1.54) is 21.8 Å². The monoisotopic (exact) mass is 472 g/mol. The standard InChI is InChI=1S/C23H28N4O3S2/c1-13(2)30-22(28)19-14(3)15(4)31-20(19)26-23(29)25-11-17-16-7-8-24-12-18(16)32-21(17)27-9-5-6-10-27/h5-6,9-10,13,24H,7-8,11-12H2,1-4H3,(H2,25,26,29). The third-order valence-corrected chi connectivity index (χ3v) is 7.85. The third kappa shape index (κ3) is 4.60. The zero-order valence-electron chi connectivity index (χ0n) is 18.7. The molecule has 7 nitrogen and oxygen atoms in total. The molecule has 0 saturated heterocycles. The lowest BCUT2D eigenvalue weighted by Gasteiger charge is -2.15. The fourth-order valence-electron chi connectivity index (χ4n) is 3.80. The molecule has 4 heterocycles. The first kappa shape index (κ1) is 22.6. The first-order valence-electron chi connectivity index (χ1n) is 10.7. The van der Waals surface area contributed by atoms with Crippen molar-refractivity contribution < 1.29 is 14.3 Å². The van der Waals surface area contributed by atoms with Gasteiger partial charge < -0.3 is 19.9 Å². The van der Waals surface area contributed by atoms with Crippen LogP contribution in [-0.2, 0) is 24.2 Å². The number of hydrogen-bond donors (Lipinski definition) is 3. The number of fused-ring (bicyclic) bond motifs is 1. The molecule has 4 rings (SSSR count). The van der Waals surface area contributed by atoms with E-state index in [0.717, 1.165) is 40.5 Å². The van der Waals surface area contributed by atoms with Crippen molar-refractivity contribution in [2.24, 2.45) is 0 Å². The molecular weight excluding hydrogens is 444 g/mol. The first-order valence-corrected chi connectivity index (χ1v) is 12.3. The molecule has 0 atom stereocenters. The lowest BCUT2D eigenvalue weighted by molar-refractivity contribution is 0.0379. The molecule has 2 amide bonds. The number of carbonyl (C=O) groups excluding carboxylic acids is 2. The van der Waals surface area contributed by atoms with Crippen LogP contribution in [0.4, 0.5) is 9.80 Å². The molecule has 0 spiro atoms. The molecule has 1 aliphatic rings. The van der Waals surface area contributed by atoms with Crippen molar-refractivity contribution in [2.75, 3.05) is 11.9 Å². The summed E-state index contributed by atoms with van der Waals surface area (Å²) in [6, 6.07) is 3.66. The average molecular weight is 473 g/mol. The zero-order chi connectivity index (χ0) is 22.8. The number of hydrogen-bond acceptors (Lipinski definition) is 6. The van der Waals surface area contributed by atoms with Gasteiger partial charge in [-0.2, -0.15) is 0 Å². The van der Waals surface area contributed by atoms with Crippen molar-refractivity contribution in [3.05, 3.63) is 56.5 Å². The highest BCUT2D eigenvalue weighted by Crippen LogP contribution is 2.35. The molecule has 0 unspecified atom stereocenters. The Labute approximate surface area is 195 Å². The van der Waals surface area contributed by atoms with E-state index in [4.69, 9.17) is 4.74 Å². The largest absolute Gasteiger partial charge is 0.459 e. The topological polar surface area (TPSA) is 84.4 Å². The highest BCUT2D eigenvalue weighted by molar-refractivity contribution is 7.16. The average Bonchev–Trinajstić information content (AvgIpc) is 3.44. The van der Waals surface area contributed by atoms with Crippen molar-refractivity contribution in [1.29, 1.82) is 0 Å². The third-order valence-electron chi connectivity index (χ3n) is 5.44. The van der Waals surface area contributed by atoms with Crippen LogP contribution in [-0.4, -0.2) is 29.2 Å². The Morgan fingerprint density at radius 2 is 1.97 bits per heavy atom. The van der Waals surface area contributed by atoms with Gasteiger partial charge in [0.1, 0.15) is 10.0 Å². The molecule has 0 saturated carbocycles. The van der Waals surface area contributed by atoms with E-state index in [1.807, 2.05) is 52.2 Å². The Hall–Kier alpha value is -2.62. The lowest BCUT2D eigenvalue weighted by atomic mass is 10.0. The van der Waals surface area contributed by atoms with Gasteiger partial charge in [0, 0.05) is 40.8 Å². The van der Waals surface area contributed by atoms with Crippen molar-refractivity contribution in [3.63, 3.8) is 0 Å². The van der Waals surface area contributed by atoms with Crippen molar-refractivity contribution in [3.8, 4) is 5.00 Å². The number of carbonyl (C=O) groups is 2. The number of amides is 2. The minimum absolute atomic E-state index is 0.227. The second-order valence-electron chi connectivity index (χ2n) is 8.05. The van der Waals surface area contributed by atoms with Crippen molar-refractivity contribution in [2.45, 2.75) is 53.3 Å². The summed E-state index contributed by atoms with van der Waals surface area (Å²) in [7, 11) is 0. The van der Waals surface area contributed by atoms with Gasteiger partial charge >= 0.3 is 12.0 Å². The molecule has 3 N–H and O–H groups in total. The van der Waals surface area contributed by atoms with E-state index in [0.29, 0.717) is 17.1 Å². The number of thiophene rings is 2. The summed E-state index contributed by atoms with van der Waals surface area (Å²) < 4.78 is 7.48. The second-order valence-corrected chi connectivity index (χ2v) is 10.4. The van der Waals surface area contributed by atoms with E-state index >= 15 is 0 Å². The van der Waals surface area contributed by atoms with Crippen LogP contribution in [0.2, 0.25) is 0 Å². The van der Waals surface area contributed by atoms with Crippen LogP contribution >= 0.6 is 22.7 Å². The van der Waals surface area contributed by atoms with E-state index < -0.39 is 5.97 Å². The van der Waals surface area contributed by atoms with Gasteiger partial charge in [0.2, 0.25) is 0 Å².